The summed E-state index contributed by atoms with van der Waals surface area (Å²) in [6.07, 6.45) is 0. The zero-order valence-electron chi connectivity index (χ0n) is 12.4. The van der Waals surface area contributed by atoms with Crippen LogP contribution in [0.3, 0.4) is 0 Å². The summed E-state index contributed by atoms with van der Waals surface area (Å²) in [6, 6.07) is 6.24. The van der Waals surface area contributed by atoms with Crippen molar-refractivity contribution in [2.45, 2.75) is 6.92 Å². The van der Waals surface area contributed by atoms with Crippen LogP contribution in [0.2, 0.25) is 0 Å². The molecular weight excluding hydrogens is 315 g/mol. The molecule has 0 aliphatic rings. The van der Waals surface area contributed by atoms with Crippen LogP contribution < -0.4 is 50.5 Å². The number of amides is 1. The summed E-state index contributed by atoms with van der Waals surface area (Å²) < 4.78 is 5.05. The Morgan fingerprint density at radius 1 is 1.32 bits per heavy atom. The number of para-hydroxylation sites is 1. The molecular formula is C14H13N2NaO4S. The fourth-order valence-electron chi connectivity index (χ4n) is 1.85. The molecule has 0 aliphatic heterocycles. The van der Waals surface area contributed by atoms with Gasteiger partial charge in [0.25, 0.3) is 5.91 Å². The molecule has 1 amide bonds. The number of aromatic carboxylic acids is 1. The van der Waals surface area contributed by atoms with Gasteiger partial charge in [0.05, 0.1) is 24.3 Å². The maximum atomic E-state index is 12.2. The standard InChI is InChI=1S/C14H14N2O4S.Na/c1-7-6-9(14(18)19)13(21-7)16-12(17)8-4-3-5-10(20-2)11(8)15;/h3-6H,15H2,1-2H3,(H,16,17)(H,18,19);/q;+1/p-1. The molecule has 1 aromatic carbocycles. The third-order valence-electron chi connectivity index (χ3n) is 2.83. The van der Waals surface area contributed by atoms with Crippen LogP contribution in [-0.4, -0.2) is 19.0 Å². The van der Waals surface area contributed by atoms with Gasteiger partial charge in [-0.2, -0.15) is 0 Å². The summed E-state index contributed by atoms with van der Waals surface area (Å²) in [5.74, 6) is -1.46. The normalized spacial score (nSPS) is 9.73. The second kappa shape index (κ2) is 7.64. The van der Waals surface area contributed by atoms with Crippen molar-refractivity contribution in [3.05, 3.63) is 40.3 Å². The number of carboxylic acids is 1. The van der Waals surface area contributed by atoms with Crippen LogP contribution >= 0.6 is 11.3 Å². The van der Waals surface area contributed by atoms with Crippen LogP contribution in [0.5, 0.6) is 5.75 Å². The number of nitrogen functional groups attached to an aromatic ring is 1. The number of hydrogen-bond donors (Lipinski definition) is 2. The van der Waals surface area contributed by atoms with Gasteiger partial charge in [-0.3, -0.25) is 4.79 Å². The largest absolute Gasteiger partial charge is 1.00 e. The number of carbonyl (C=O) groups is 2. The number of aryl methyl sites for hydroxylation is 1. The number of methoxy groups -OCH3 is 1. The van der Waals surface area contributed by atoms with Gasteiger partial charge in [-0.15, -0.1) is 11.3 Å². The molecule has 8 heteroatoms. The first kappa shape index (κ1) is 18.5. The number of nitrogens with one attached hydrogen (secondary N) is 1. The molecule has 22 heavy (non-hydrogen) atoms. The summed E-state index contributed by atoms with van der Waals surface area (Å²) >= 11 is 1.16. The molecule has 1 heterocycles. The monoisotopic (exact) mass is 328 g/mol. The maximum absolute atomic E-state index is 12.2. The predicted molar refractivity (Wildman–Crippen MR) is 78.7 cm³/mol. The maximum Gasteiger partial charge on any atom is 1.00 e. The molecule has 2 aromatic rings. The van der Waals surface area contributed by atoms with Crippen molar-refractivity contribution in [1.29, 1.82) is 0 Å². The Kier molecular flexibility index (Phi) is 6.43. The molecule has 0 aliphatic carbocycles. The molecule has 110 valence electrons. The summed E-state index contributed by atoms with van der Waals surface area (Å²) in [5.41, 5.74) is 6.20. The van der Waals surface area contributed by atoms with Crippen molar-refractivity contribution in [3.63, 3.8) is 0 Å². The van der Waals surface area contributed by atoms with Crippen LogP contribution in [0.25, 0.3) is 0 Å². The van der Waals surface area contributed by atoms with Crippen LogP contribution in [0.15, 0.2) is 24.3 Å². The minimum absolute atomic E-state index is 0. The van der Waals surface area contributed by atoms with Crippen molar-refractivity contribution in [3.8, 4) is 5.75 Å². The van der Waals surface area contributed by atoms with Crippen LogP contribution in [0.4, 0.5) is 10.7 Å². The second-order valence-corrected chi connectivity index (χ2v) is 5.52. The van der Waals surface area contributed by atoms with Gasteiger partial charge in [0.15, 0.2) is 0 Å². The Bertz CT molecular complexity index is 715. The number of carboxylic acid groups (broad SMARTS) is 1. The van der Waals surface area contributed by atoms with Crippen LogP contribution in [0, 0.1) is 6.92 Å². The number of rotatable bonds is 4. The van der Waals surface area contributed by atoms with Gasteiger partial charge in [0.2, 0.25) is 0 Å². The van der Waals surface area contributed by atoms with E-state index in [0.717, 1.165) is 16.2 Å². The van der Waals surface area contributed by atoms with E-state index in [1.54, 1.807) is 19.1 Å². The number of thiophene rings is 1. The first-order chi connectivity index (χ1) is 9.93. The number of benzene rings is 1. The van der Waals surface area contributed by atoms with E-state index in [0.29, 0.717) is 5.75 Å². The number of carbonyl (C=O) groups excluding carboxylic acids is 2. The molecule has 0 radical (unpaired) electrons. The van der Waals surface area contributed by atoms with Gasteiger partial charge >= 0.3 is 29.6 Å². The van der Waals surface area contributed by atoms with Crippen molar-refractivity contribution in [2.24, 2.45) is 0 Å². The van der Waals surface area contributed by atoms with Gasteiger partial charge in [0, 0.05) is 10.4 Å². The van der Waals surface area contributed by atoms with Crippen molar-refractivity contribution < 1.29 is 49.0 Å². The predicted octanol–water partition coefficient (Wildman–Crippen LogP) is -1.73. The summed E-state index contributed by atoms with van der Waals surface area (Å²) in [7, 11) is 1.45. The molecule has 0 saturated carbocycles. The summed E-state index contributed by atoms with van der Waals surface area (Å²) in [4.78, 5) is 24.0. The van der Waals surface area contributed by atoms with Gasteiger partial charge in [-0.25, -0.2) is 0 Å². The average molecular weight is 328 g/mol. The number of nitrogens with two attached hydrogens (primary N) is 1. The van der Waals surface area contributed by atoms with Gasteiger partial charge in [0.1, 0.15) is 10.8 Å². The molecule has 0 unspecified atom stereocenters. The number of anilines is 2. The Hall–Kier alpha value is -1.54. The topological polar surface area (TPSA) is 104 Å². The van der Waals surface area contributed by atoms with Crippen LogP contribution in [-0.2, 0) is 0 Å². The number of hydrogen-bond acceptors (Lipinski definition) is 6. The van der Waals surface area contributed by atoms with E-state index in [1.807, 2.05) is 0 Å². The third kappa shape index (κ3) is 3.80. The average Bonchev–Trinajstić information content (AvgIpc) is 2.80. The minimum Gasteiger partial charge on any atom is -0.545 e. The minimum atomic E-state index is -1.34. The zero-order chi connectivity index (χ0) is 15.6. The molecule has 0 saturated heterocycles. The van der Waals surface area contributed by atoms with E-state index in [4.69, 9.17) is 10.5 Å². The third-order valence-corrected chi connectivity index (χ3v) is 3.80. The van der Waals surface area contributed by atoms with E-state index >= 15 is 0 Å². The van der Waals surface area contributed by atoms with E-state index in [9.17, 15) is 14.7 Å². The van der Waals surface area contributed by atoms with Crippen molar-refractivity contribution in [2.75, 3.05) is 18.2 Å². The summed E-state index contributed by atoms with van der Waals surface area (Å²) in [5, 5.41) is 13.8. The van der Waals surface area contributed by atoms with E-state index < -0.39 is 11.9 Å². The first-order valence-electron chi connectivity index (χ1n) is 5.99. The van der Waals surface area contributed by atoms with Gasteiger partial charge in [-0.05, 0) is 25.1 Å². The SMILES string of the molecule is COc1cccc(C(=O)Nc2sc(C)cc2C(=O)[O-])c1N.[Na+]. The molecule has 0 fully saturated rings. The molecule has 0 atom stereocenters. The summed E-state index contributed by atoms with van der Waals surface area (Å²) in [6.45, 7) is 1.74. The molecule has 0 spiro atoms. The van der Waals surface area contributed by atoms with Crippen molar-refractivity contribution in [1.82, 2.24) is 0 Å². The first-order valence-corrected chi connectivity index (χ1v) is 6.81. The molecule has 2 rings (SSSR count). The Labute approximate surface area is 153 Å². The fraction of sp³-hybridized carbons (Fsp3) is 0.143. The quantitative estimate of drug-likeness (QED) is 0.512. The van der Waals surface area contributed by atoms with Gasteiger partial charge in [-0.1, -0.05) is 6.07 Å². The number of ether oxygens (including phenoxy) is 1. The second-order valence-electron chi connectivity index (χ2n) is 4.26. The van der Waals surface area contributed by atoms with Gasteiger partial charge < -0.3 is 25.7 Å². The van der Waals surface area contributed by atoms with Crippen molar-refractivity contribution >= 4 is 33.9 Å². The Morgan fingerprint density at radius 2 is 2.00 bits per heavy atom. The molecule has 6 nitrogen and oxygen atoms in total. The Morgan fingerprint density at radius 3 is 2.59 bits per heavy atom. The fourth-order valence-corrected chi connectivity index (χ4v) is 2.74. The van der Waals surface area contributed by atoms with Crippen LogP contribution in [0.1, 0.15) is 25.6 Å². The van der Waals surface area contributed by atoms with E-state index in [1.165, 1.54) is 19.2 Å². The van der Waals surface area contributed by atoms with E-state index in [-0.39, 0.29) is 51.4 Å². The molecule has 1 aromatic heterocycles. The smallest absolute Gasteiger partial charge is 0.545 e. The zero-order valence-corrected chi connectivity index (χ0v) is 15.2. The molecule has 3 N–H and O–H groups in total. The Balaban J connectivity index is 0.00000242. The van der Waals surface area contributed by atoms with E-state index in [2.05, 4.69) is 5.32 Å². The molecule has 0 bridgehead atoms.